The Kier molecular flexibility index (Phi) is 92.2. The summed E-state index contributed by atoms with van der Waals surface area (Å²) in [4.78, 5) is 10.0. The summed E-state index contributed by atoms with van der Waals surface area (Å²) in [7, 11) is 0. The molecule has 0 aromatic heterocycles. The normalized spacial score (nSPS) is 6.72. The van der Waals surface area contributed by atoms with Crippen molar-refractivity contribution in [1.82, 2.24) is 0 Å². The molecule has 1 aromatic carbocycles. The molecule has 0 heterocycles. The van der Waals surface area contributed by atoms with Gasteiger partial charge in [0.1, 0.15) is 0 Å². The summed E-state index contributed by atoms with van der Waals surface area (Å²) in [6.07, 6.45) is 5.12. The van der Waals surface area contributed by atoms with Gasteiger partial charge in [0.2, 0.25) is 0 Å². The van der Waals surface area contributed by atoms with Crippen LogP contribution < -0.4 is 0 Å². The zero-order valence-electron chi connectivity index (χ0n) is 16.5. The molecular weight excluding hydrogens is 520 g/mol. The van der Waals surface area contributed by atoms with E-state index in [1.165, 1.54) is 12.1 Å². The number of hydrogen-bond acceptors (Lipinski definition) is 4. The number of nitro groups is 1. The fraction of sp³-hybridized carbons (Fsp3) is 0.263. The molecule has 0 atom stereocenters. The Bertz CT molecular complexity index is 598. The van der Waals surface area contributed by atoms with Gasteiger partial charge >= 0.3 is 67.8 Å². The van der Waals surface area contributed by atoms with Crippen LogP contribution in [0.4, 0.5) is 5.69 Å². The summed E-state index contributed by atoms with van der Waals surface area (Å²) in [5.41, 5.74) is 0.733. The van der Waals surface area contributed by atoms with Gasteiger partial charge in [-0.1, -0.05) is 0 Å². The number of non-ortho nitro benzene ring substituents is 1. The van der Waals surface area contributed by atoms with Crippen LogP contribution in [0.3, 0.4) is 0 Å². The first-order valence-electron chi connectivity index (χ1n) is 6.89. The van der Waals surface area contributed by atoms with E-state index in [0.29, 0.717) is 18.8 Å². The minimum absolute atomic E-state index is 0. The molecule has 0 saturated heterocycles. The van der Waals surface area contributed by atoms with Gasteiger partial charge in [0.15, 0.2) is 6.29 Å². The van der Waals surface area contributed by atoms with Gasteiger partial charge < -0.3 is 9.47 Å². The molecule has 0 unspecified atom stereocenters. The second-order valence-electron chi connectivity index (χ2n) is 3.32. The van der Waals surface area contributed by atoms with Gasteiger partial charge in [0.25, 0.3) is 5.69 Å². The quantitative estimate of drug-likeness (QED) is 0.171. The second-order valence-corrected chi connectivity index (χ2v) is 3.32. The summed E-state index contributed by atoms with van der Waals surface area (Å²) in [6, 6.07) is 6.03. The molecule has 0 N–H and O–H groups in total. The van der Waals surface area contributed by atoms with Crippen LogP contribution in [-0.2, 0) is 70.9 Å². The number of benzene rings is 1. The number of nitrogens with zero attached hydrogens (tertiary/aromatic N) is 1. The molecule has 13 heteroatoms. The van der Waals surface area contributed by atoms with Gasteiger partial charge in [-0.3, -0.25) is 10.1 Å². The maximum atomic E-state index is 10.5. The molecule has 32 heavy (non-hydrogen) atoms. The minimum Gasteiger partial charge on any atom is 0 e. The van der Waals surface area contributed by atoms with Crippen molar-refractivity contribution in [3.63, 3.8) is 0 Å². The molecule has 11 nitrogen and oxygen atoms in total. The van der Waals surface area contributed by atoms with Crippen LogP contribution in [0.2, 0.25) is 0 Å². The molecule has 0 saturated carbocycles. The first kappa shape index (κ1) is 52.0. The predicted molar refractivity (Wildman–Crippen MR) is 89.3 cm³/mol. The molecule has 0 aliphatic carbocycles. The van der Waals surface area contributed by atoms with Crippen LogP contribution in [0, 0.1) is 62.2 Å². The Balaban J connectivity index is -0.0000000594. The minimum atomic E-state index is -0.560. The zero-order valence-corrected chi connectivity index (χ0v) is 18.6. The van der Waals surface area contributed by atoms with E-state index in [2.05, 4.69) is 52.1 Å². The van der Waals surface area contributed by atoms with Crippen molar-refractivity contribution in [2.24, 2.45) is 0 Å². The average Bonchev–Trinajstić information content (AvgIpc) is 2.86. The monoisotopic (exact) mass is 535 g/mol. The Morgan fingerprint density at radius 2 is 1.12 bits per heavy atom. The van der Waals surface area contributed by atoms with Gasteiger partial charge in [0, 0.05) is 65.0 Å². The fourth-order valence-electron chi connectivity index (χ4n) is 1.24. The number of ether oxygens (including phenoxy) is 2. The van der Waals surface area contributed by atoms with E-state index in [1.807, 2.05) is 13.8 Å². The van der Waals surface area contributed by atoms with E-state index in [4.69, 9.17) is 37.4 Å². The zero-order chi connectivity index (χ0) is 25.4. The maximum Gasteiger partial charge on any atom is 0 e. The van der Waals surface area contributed by atoms with E-state index >= 15 is 0 Å². The summed E-state index contributed by atoms with van der Waals surface area (Å²) in [5, 5.41) is 10.5. The van der Waals surface area contributed by atoms with Crippen LogP contribution in [0.15, 0.2) is 24.3 Å². The third kappa shape index (κ3) is 38.4. The largest absolute Gasteiger partial charge is 0 e. The van der Waals surface area contributed by atoms with Crippen LogP contribution in [0.1, 0.15) is 19.4 Å². The van der Waals surface area contributed by atoms with Crippen molar-refractivity contribution in [3.05, 3.63) is 92.0 Å². The first-order valence-corrected chi connectivity index (χ1v) is 6.89. The number of nitro benzene ring substituents is 1. The third-order valence-corrected chi connectivity index (χ3v) is 2.05. The van der Waals surface area contributed by atoms with Gasteiger partial charge in [0.05, 0.1) is 4.92 Å². The molecule has 0 fully saturated rings. The summed E-state index contributed by atoms with van der Waals surface area (Å²) < 4.78 is 55.5. The molecule has 0 amide bonds. The van der Waals surface area contributed by atoms with Crippen molar-refractivity contribution in [1.29, 1.82) is 0 Å². The SMILES string of the molecule is CCOC([C]=[C]c1ccc([N+](=O)[O-])cc1)OCC.[C-]#[O+].[C-]#[O+].[C-]#[O+].[C-]#[O+].[C-]#[O+].[C-]#[O+].[Co].[Co]. The van der Waals surface area contributed by atoms with Crippen molar-refractivity contribution in [2.45, 2.75) is 20.1 Å². The van der Waals surface area contributed by atoms with Gasteiger partial charge in [-0.2, -0.15) is 0 Å². The average molecular weight is 535 g/mol. The Morgan fingerprint density at radius 3 is 1.38 bits per heavy atom. The topological polar surface area (TPSA) is 181 Å². The predicted octanol–water partition coefficient (Wildman–Crippen LogP) is 2.27. The number of rotatable bonds is 7. The molecule has 0 aliphatic rings. The van der Waals surface area contributed by atoms with Gasteiger partial charge in [-0.05, 0) is 37.6 Å². The van der Waals surface area contributed by atoms with E-state index in [0.717, 1.165) is 0 Å². The van der Waals surface area contributed by atoms with Crippen LogP contribution in [-0.4, -0.2) is 24.4 Å². The second kappa shape index (κ2) is 56.8. The maximum absolute atomic E-state index is 10.5. The smallest absolute Gasteiger partial charge is 0 e. The molecular formula is C19H15Co2NO10. The van der Waals surface area contributed by atoms with Crippen molar-refractivity contribution < 1.29 is 75.9 Å². The molecule has 0 bridgehead atoms. The van der Waals surface area contributed by atoms with E-state index in [9.17, 15) is 10.1 Å². The first-order chi connectivity index (χ1) is 14.7. The standard InChI is InChI=1S/C13H15NO4.6CO.2Co/c1-3-17-13(18-4-2)10-7-11-5-8-12(9-6-11)14(15)16;6*1-2;;/h5-6,8-9,13H,3-4H2,1-2H3;;;;;;;;. The third-order valence-electron chi connectivity index (χ3n) is 2.05. The fourth-order valence-corrected chi connectivity index (χ4v) is 1.24. The van der Waals surface area contributed by atoms with Crippen LogP contribution in [0.5, 0.6) is 0 Å². The summed E-state index contributed by atoms with van der Waals surface area (Å²) in [6.45, 7) is 31.7. The Hall–Kier alpha value is -2.27. The van der Waals surface area contributed by atoms with Crippen LogP contribution >= 0.6 is 0 Å². The van der Waals surface area contributed by atoms with Gasteiger partial charge in [-0.15, -0.1) is 0 Å². The molecule has 174 valence electrons. The van der Waals surface area contributed by atoms with Crippen molar-refractivity contribution in [3.8, 4) is 0 Å². The van der Waals surface area contributed by atoms with Gasteiger partial charge in [-0.25, -0.2) is 0 Å². The van der Waals surface area contributed by atoms with E-state index in [1.54, 1.807) is 12.1 Å². The van der Waals surface area contributed by atoms with Crippen LogP contribution in [0.25, 0.3) is 0 Å². The molecule has 4 radical (unpaired) electrons. The number of hydrogen-bond donors (Lipinski definition) is 0. The summed E-state index contributed by atoms with van der Waals surface area (Å²) >= 11 is 0. The van der Waals surface area contributed by atoms with E-state index in [-0.39, 0.29) is 39.2 Å². The Morgan fingerprint density at radius 1 is 0.812 bits per heavy atom. The molecule has 1 aromatic rings. The molecule has 0 spiro atoms. The summed E-state index contributed by atoms with van der Waals surface area (Å²) in [5.74, 6) is 0. The Labute approximate surface area is 206 Å². The molecule has 0 aliphatic heterocycles. The molecule has 1 rings (SSSR count). The van der Waals surface area contributed by atoms with Crippen molar-refractivity contribution >= 4 is 5.69 Å². The van der Waals surface area contributed by atoms with Crippen molar-refractivity contribution in [2.75, 3.05) is 13.2 Å². The van der Waals surface area contributed by atoms with E-state index < -0.39 is 11.2 Å².